The van der Waals surface area contributed by atoms with Crippen LogP contribution in [0.4, 0.5) is 22.7 Å². The Morgan fingerprint density at radius 3 is 1.37 bits per heavy atom. The average molecular weight is 1020 g/mol. The second-order valence-electron chi connectivity index (χ2n) is 20.0. The number of hydrogen-bond donors (Lipinski definition) is 2. The second kappa shape index (κ2) is 17.7. The fraction of sp³-hybridized carbons (Fsp3) is 0. The zero-order valence-electron chi connectivity index (χ0n) is 41.8. The molecule has 366 valence electrons. The van der Waals surface area contributed by atoms with Gasteiger partial charge in [-0.15, -0.1) is 11.3 Å². The molecule has 0 bridgehead atoms. The molecule has 0 aliphatic carbocycles. The van der Waals surface area contributed by atoms with Gasteiger partial charge in [0, 0.05) is 70.0 Å². The predicted molar refractivity (Wildman–Crippen MR) is 326 cm³/mol. The fourth-order valence-corrected chi connectivity index (χ4v) is 12.6. The minimum Gasteiger partial charge on any atom is -0.456 e. The van der Waals surface area contributed by atoms with E-state index in [-0.39, 0.29) is 0 Å². The van der Waals surface area contributed by atoms with Gasteiger partial charge in [0.15, 0.2) is 5.58 Å². The first-order valence-electron chi connectivity index (χ1n) is 26.1. The minimum atomic E-state index is 0.580. The van der Waals surface area contributed by atoms with Crippen molar-refractivity contribution in [2.75, 3.05) is 10.6 Å². The molecule has 6 nitrogen and oxygen atoms in total. The summed E-state index contributed by atoms with van der Waals surface area (Å²) in [6.07, 6.45) is 0. The monoisotopic (exact) mass is 1020 g/mol. The Labute approximate surface area is 451 Å². The number of thiophene rings is 1. The van der Waals surface area contributed by atoms with Crippen molar-refractivity contribution in [2.45, 2.75) is 0 Å². The van der Waals surface area contributed by atoms with Crippen molar-refractivity contribution in [3.05, 3.63) is 249 Å². The fourth-order valence-electron chi connectivity index (χ4n) is 11.5. The highest BCUT2D eigenvalue weighted by atomic mass is 32.1. The highest BCUT2D eigenvalue weighted by Crippen LogP contribution is 2.43. The topological polar surface area (TPSA) is 76.4 Å². The number of nitrogens with zero attached hydrogens (tertiary/aromatic N) is 1. The van der Waals surface area contributed by atoms with Crippen LogP contribution in [-0.2, 0) is 0 Å². The van der Waals surface area contributed by atoms with E-state index in [1.807, 2.05) is 47.7 Å². The molecule has 0 atom stereocenters. The number of hydrogen-bond acceptors (Lipinski definition) is 7. The molecule has 7 heteroatoms. The first kappa shape index (κ1) is 44.1. The normalized spacial score (nSPS) is 11.8. The van der Waals surface area contributed by atoms with Crippen LogP contribution >= 0.6 is 11.3 Å². The Morgan fingerprint density at radius 1 is 0.295 bits per heavy atom. The van der Waals surface area contributed by atoms with Crippen LogP contribution in [0.15, 0.2) is 262 Å². The standard InChI is InChI=1S/C71H43N3O3S/c1-2-10-53-48(9-1)37-52(73-51-32-23-44(24-33-51)55-14-8-18-65-70(55)57-12-4-6-16-63(57)76-65)41-60(53)71-74-61-34-25-47(40-66(61)77-71)46-27-36-68-59(39-46)58-38-45(26-35-67(58)78-68)42-19-28-49(29-20-42)72-50-30-21-43(22-31-50)54-13-7-17-64-69(54)56-11-3-5-15-62(56)75-64/h1-41,72-73H. The van der Waals surface area contributed by atoms with E-state index in [9.17, 15) is 0 Å². The second-order valence-corrected chi connectivity index (χ2v) is 21.1. The summed E-state index contributed by atoms with van der Waals surface area (Å²) in [5.74, 6) is 0.580. The molecule has 0 saturated carbocycles. The summed E-state index contributed by atoms with van der Waals surface area (Å²) >= 11 is 1.83. The third-order valence-electron chi connectivity index (χ3n) is 15.3. The van der Waals surface area contributed by atoms with Crippen LogP contribution < -0.4 is 10.6 Å². The summed E-state index contributed by atoms with van der Waals surface area (Å²) in [6.45, 7) is 0. The number of benzene rings is 12. The Bertz CT molecular complexity index is 5020. The van der Waals surface area contributed by atoms with Crippen molar-refractivity contribution in [1.29, 1.82) is 0 Å². The third kappa shape index (κ3) is 7.51. The summed E-state index contributed by atoms with van der Waals surface area (Å²) in [5.41, 5.74) is 19.2. The van der Waals surface area contributed by atoms with Crippen LogP contribution in [0.1, 0.15) is 0 Å². The summed E-state index contributed by atoms with van der Waals surface area (Å²) in [5, 5.41) is 16.5. The van der Waals surface area contributed by atoms with E-state index >= 15 is 0 Å². The van der Waals surface area contributed by atoms with E-state index in [0.717, 1.165) is 133 Å². The van der Waals surface area contributed by atoms with E-state index in [4.69, 9.17) is 18.2 Å². The highest BCUT2D eigenvalue weighted by molar-refractivity contribution is 7.25. The van der Waals surface area contributed by atoms with Crippen molar-refractivity contribution in [2.24, 2.45) is 0 Å². The number of anilines is 4. The van der Waals surface area contributed by atoms with Gasteiger partial charge in [0.2, 0.25) is 5.89 Å². The molecule has 0 spiro atoms. The van der Waals surface area contributed by atoms with Crippen molar-refractivity contribution in [1.82, 2.24) is 4.98 Å². The number of rotatable bonds is 9. The van der Waals surface area contributed by atoms with Crippen LogP contribution in [0.3, 0.4) is 0 Å². The first-order valence-corrected chi connectivity index (χ1v) is 26.9. The van der Waals surface area contributed by atoms with Gasteiger partial charge in [-0.25, -0.2) is 4.98 Å². The molecule has 12 aromatic carbocycles. The smallest absolute Gasteiger partial charge is 0.228 e. The number of fused-ring (bicyclic) bond motifs is 11. The van der Waals surface area contributed by atoms with Gasteiger partial charge in [-0.1, -0.05) is 140 Å². The number of para-hydroxylation sites is 2. The minimum absolute atomic E-state index is 0.580. The molecule has 0 aliphatic rings. The van der Waals surface area contributed by atoms with Crippen molar-refractivity contribution < 1.29 is 13.3 Å². The molecule has 0 unspecified atom stereocenters. The predicted octanol–water partition coefficient (Wildman–Crippen LogP) is 21.0. The lowest BCUT2D eigenvalue weighted by Gasteiger charge is -2.12. The molecule has 0 aliphatic heterocycles. The van der Waals surface area contributed by atoms with Gasteiger partial charge >= 0.3 is 0 Å². The quantitative estimate of drug-likeness (QED) is 0.150. The van der Waals surface area contributed by atoms with Gasteiger partial charge in [-0.2, -0.15) is 0 Å². The van der Waals surface area contributed by atoms with E-state index in [2.05, 4.69) is 223 Å². The molecule has 2 N–H and O–H groups in total. The Hall–Kier alpha value is -10.2. The van der Waals surface area contributed by atoms with Gasteiger partial charge in [-0.05, 0) is 164 Å². The Balaban J connectivity index is 0.653. The van der Waals surface area contributed by atoms with E-state index in [1.165, 1.54) is 25.7 Å². The molecule has 0 fully saturated rings. The molecule has 78 heavy (non-hydrogen) atoms. The highest BCUT2D eigenvalue weighted by Gasteiger charge is 2.18. The molecule has 0 saturated heterocycles. The summed E-state index contributed by atoms with van der Waals surface area (Å²) in [4.78, 5) is 5.07. The number of furan rings is 2. The summed E-state index contributed by atoms with van der Waals surface area (Å²) in [7, 11) is 0. The molecule has 0 amide bonds. The number of nitrogens with one attached hydrogen (secondary N) is 2. The zero-order chi connectivity index (χ0) is 51.3. The van der Waals surface area contributed by atoms with Gasteiger partial charge in [-0.3, -0.25) is 0 Å². The Morgan fingerprint density at radius 2 is 0.769 bits per heavy atom. The van der Waals surface area contributed by atoms with Gasteiger partial charge in [0.25, 0.3) is 0 Å². The lowest BCUT2D eigenvalue weighted by atomic mass is 9.99. The number of oxazole rings is 1. The van der Waals surface area contributed by atoms with Crippen molar-refractivity contribution in [3.8, 4) is 56.0 Å². The zero-order valence-corrected chi connectivity index (χ0v) is 42.6. The van der Waals surface area contributed by atoms with Gasteiger partial charge in [0.05, 0.1) is 0 Å². The molecular weight excluding hydrogens is 975 g/mol. The molecule has 16 aromatic rings. The average Bonchev–Trinajstić information content (AvgIpc) is 4.35. The molecule has 4 heterocycles. The summed E-state index contributed by atoms with van der Waals surface area (Å²) in [6, 6.07) is 87.6. The number of aromatic nitrogens is 1. The van der Waals surface area contributed by atoms with Crippen molar-refractivity contribution >= 4 is 120 Å². The summed E-state index contributed by atoms with van der Waals surface area (Å²) < 4.78 is 21.6. The molecule has 16 rings (SSSR count). The molecule has 0 radical (unpaired) electrons. The lowest BCUT2D eigenvalue weighted by molar-refractivity contribution is 0.621. The lowest BCUT2D eigenvalue weighted by Crippen LogP contribution is -1.92. The maximum absolute atomic E-state index is 6.69. The van der Waals surface area contributed by atoms with Crippen LogP contribution in [0.2, 0.25) is 0 Å². The molecule has 4 aromatic heterocycles. The van der Waals surface area contributed by atoms with Crippen LogP contribution in [0, 0.1) is 0 Å². The van der Waals surface area contributed by atoms with E-state index in [1.54, 1.807) is 0 Å². The maximum atomic E-state index is 6.69. The molecular formula is C71H43N3O3S. The SMILES string of the molecule is c1ccc2c(-c3nc4ccc(-c5ccc6sc7ccc(-c8ccc(Nc9ccc(-c%10cccc%11oc%12ccccc%12c%10%11)cc9)cc8)cc7c6c5)cc4o3)cc(Nc3ccc(-c4cccc5oc6ccccc6c45)cc3)cc2c1. The van der Waals surface area contributed by atoms with E-state index in [0.29, 0.717) is 5.89 Å². The largest absolute Gasteiger partial charge is 0.456 e. The van der Waals surface area contributed by atoms with Crippen molar-refractivity contribution in [3.63, 3.8) is 0 Å². The van der Waals surface area contributed by atoms with Gasteiger partial charge in [0.1, 0.15) is 27.8 Å². The van der Waals surface area contributed by atoms with Crippen LogP contribution in [0.25, 0.3) is 142 Å². The van der Waals surface area contributed by atoms with Gasteiger partial charge < -0.3 is 23.9 Å². The first-order chi connectivity index (χ1) is 38.6. The van der Waals surface area contributed by atoms with Crippen LogP contribution in [0.5, 0.6) is 0 Å². The van der Waals surface area contributed by atoms with E-state index < -0.39 is 0 Å². The Kier molecular flexibility index (Phi) is 10.0. The third-order valence-corrected chi connectivity index (χ3v) is 16.4. The van der Waals surface area contributed by atoms with Crippen LogP contribution in [-0.4, -0.2) is 4.98 Å². The maximum Gasteiger partial charge on any atom is 0.228 e.